The van der Waals surface area contributed by atoms with Crippen molar-refractivity contribution in [1.82, 2.24) is 15.3 Å². The average Bonchev–Trinajstić information content (AvgIpc) is 2.68. The van der Waals surface area contributed by atoms with Crippen LogP contribution in [-0.2, 0) is 6.42 Å². The van der Waals surface area contributed by atoms with Crippen LogP contribution in [0.5, 0.6) is 0 Å². The molecule has 6 nitrogen and oxygen atoms in total. The maximum atomic E-state index is 11.3. The summed E-state index contributed by atoms with van der Waals surface area (Å²) in [6.45, 7) is 1.42. The van der Waals surface area contributed by atoms with Gasteiger partial charge in [-0.2, -0.15) is 0 Å². The molecule has 1 aliphatic rings. The Morgan fingerprint density at radius 1 is 1.33 bits per heavy atom. The van der Waals surface area contributed by atoms with Crippen molar-refractivity contribution in [2.45, 2.75) is 12.3 Å². The van der Waals surface area contributed by atoms with Crippen LogP contribution in [0.1, 0.15) is 22.7 Å². The minimum atomic E-state index is -0.509. The molecule has 1 N–H and O–H groups in total. The van der Waals surface area contributed by atoms with Gasteiger partial charge >= 0.3 is 5.69 Å². The molecule has 1 atom stereocenters. The van der Waals surface area contributed by atoms with Crippen LogP contribution in [0, 0.1) is 10.1 Å². The van der Waals surface area contributed by atoms with Gasteiger partial charge in [0, 0.05) is 12.5 Å². The van der Waals surface area contributed by atoms with Crippen molar-refractivity contribution in [3.8, 4) is 0 Å². The first-order valence-corrected chi connectivity index (χ1v) is 6.99. The second-order valence-corrected chi connectivity index (χ2v) is 5.22. The summed E-state index contributed by atoms with van der Waals surface area (Å²) in [5.41, 5.74) is 2.39. The molecule has 7 heteroatoms. The molecule has 2 aromatic rings. The van der Waals surface area contributed by atoms with Crippen LogP contribution >= 0.6 is 11.6 Å². The molecule has 108 valence electrons. The molecule has 1 aromatic carbocycles. The van der Waals surface area contributed by atoms with Gasteiger partial charge < -0.3 is 5.32 Å². The standard InChI is InChI=1S/C14H13ClN4O2/c15-14-13(19(20)21)12(17-8-18-14)11-7-16-6-5-9-3-1-2-4-10(9)11/h1-4,8,11,16H,5-7H2. The van der Waals surface area contributed by atoms with Crippen molar-refractivity contribution in [1.29, 1.82) is 0 Å². The van der Waals surface area contributed by atoms with Crippen molar-refractivity contribution in [3.05, 3.63) is 62.7 Å². The van der Waals surface area contributed by atoms with Crippen molar-refractivity contribution < 1.29 is 4.92 Å². The molecule has 0 saturated carbocycles. The van der Waals surface area contributed by atoms with Gasteiger partial charge in [0.05, 0.1) is 4.92 Å². The van der Waals surface area contributed by atoms with E-state index in [4.69, 9.17) is 11.6 Å². The lowest BCUT2D eigenvalue weighted by molar-refractivity contribution is -0.386. The quantitative estimate of drug-likeness (QED) is 0.523. The van der Waals surface area contributed by atoms with Gasteiger partial charge in [0.25, 0.3) is 0 Å². The zero-order valence-corrected chi connectivity index (χ0v) is 11.9. The molecule has 21 heavy (non-hydrogen) atoms. The third kappa shape index (κ3) is 2.59. The Kier molecular flexibility index (Phi) is 3.81. The van der Waals surface area contributed by atoms with E-state index in [-0.39, 0.29) is 16.8 Å². The number of hydrogen-bond donors (Lipinski definition) is 1. The molecule has 0 radical (unpaired) electrons. The molecule has 0 amide bonds. The van der Waals surface area contributed by atoms with Crippen LogP contribution in [0.3, 0.4) is 0 Å². The number of hydrogen-bond acceptors (Lipinski definition) is 5. The van der Waals surface area contributed by atoms with E-state index in [9.17, 15) is 10.1 Å². The summed E-state index contributed by atoms with van der Waals surface area (Å²) < 4.78 is 0. The number of fused-ring (bicyclic) bond motifs is 1. The molecule has 0 bridgehead atoms. The Balaban J connectivity index is 2.17. The fourth-order valence-corrected chi connectivity index (χ4v) is 2.93. The van der Waals surface area contributed by atoms with Gasteiger partial charge in [-0.15, -0.1) is 0 Å². The Bertz CT molecular complexity index is 692. The summed E-state index contributed by atoms with van der Waals surface area (Å²) in [6.07, 6.45) is 2.16. The van der Waals surface area contributed by atoms with Gasteiger partial charge in [-0.3, -0.25) is 10.1 Å². The Labute approximate surface area is 126 Å². The molecule has 0 spiro atoms. The first-order valence-electron chi connectivity index (χ1n) is 6.61. The molecule has 0 aliphatic carbocycles. The Morgan fingerprint density at radius 3 is 2.95 bits per heavy atom. The highest BCUT2D eigenvalue weighted by Gasteiger charge is 2.30. The molecule has 2 heterocycles. The van der Waals surface area contributed by atoms with Gasteiger partial charge in [0.15, 0.2) is 0 Å². The van der Waals surface area contributed by atoms with E-state index in [0.29, 0.717) is 12.2 Å². The SMILES string of the molecule is O=[N+]([O-])c1c(Cl)ncnc1C1CNCCc2ccccc21. The monoisotopic (exact) mass is 304 g/mol. The molecule has 1 aliphatic heterocycles. The third-order valence-corrected chi connectivity index (χ3v) is 3.95. The Morgan fingerprint density at radius 2 is 2.14 bits per heavy atom. The van der Waals surface area contributed by atoms with E-state index >= 15 is 0 Å². The maximum Gasteiger partial charge on any atom is 0.328 e. The zero-order chi connectivity index (χ0) is 14.8. The van der Waals surface area contributed by atoms with E-state index in [1.807, 2.05) is 24.3 Å². The van der Waals surface area contributed by atoms with Crippen LogP contribution in [0.4, 0.5) is 5.69 Å². The van der Waals surface area contributed by atoms with E-state index < -0.39 is 4.92 Å². The van der Waals surface area contributed by atoms with E-state index in [1.165, 1.54) is 11.9 Å². The number of rotatable bonds is 2. The number of halogens is 1. The van der Waals surface area contributed by atoms with Crippen LogP contribution < -0.4 is 5.32 Å². The van der Waals surface area contributed by atoms with E-state index in [2.05, 4.69) is 15.3 Å². The van der Waals surface area contributed by atoms with Crippen LogP contribution in [0.2, 0.25) is 5.15 Å². The number of benzene rings is 1. The van der Waals surface area contributed by atoms with Gasteiger partial charge in [-0.05, 0) is 24.1 Å². The summed E-state index contributed by atoms with van der Waals surface area (Å²) in [5.74, 6) is -0.204. The number of nitro groups is 1. The van der Waals surface area contributed by atoms with Crippen LogP contribution in [0.15, 0.2) is 30.6 Å². The second kappa shape index (κ2) is 5.75. The van der Waals surface area contributed by atoms with Crippen LogP contribution in [0.25, 0.3) is 0 Å². The predicted molar refractivity (Wildman–Crippen MR) is 78.6 cm³/mol. The van der Waals surface area contributed by atoms with Gasteiger partial charge in [0.1, 0.15) is 12.0 Å². The molecule has 0 saturated heterocycles. The van der Waals surface area contributed by atoms with Crippen molar-refractivity contribution >= 4 is 17.3 Å². The first kappa shape index (κ1) is 13.9. The minimum Gasteiger partial charge on any atom is -0.315 e. The smallest absolute Gasteiger partial charge is 0.315 e. The largest absolute Gasteiger partial charge is 0.328 e. The lowest BCUT2D eigenvalue weighted by atomic mass is 9.90. The average molecular weight is 305 g/mol. The lowest BCUT2D eigenvalue weighted by Crippen LogP contribution is -2.22. The fourth-order valence-electron chi connectivity index (χ4n) is 2.72. The first-order chi connectivity index (χ1) is 10.2. The zero-order valence-electron chi connectivity index (χ0n) is 11.1. The summed E-state index contributed by atoms with van der Waals surface area (Å²) in [6, 6.07) is 7.95. The minimum absolute atomic E-state index is 0.119. The summed E-state index contributed by atoms with van der Waals surface area (Å²) >= 11 is 5.90. The molecule has 0 fully saturated rings. The van der Waals surface area contributed by atoms with Crippen molar-refractivity contribution in [3.63, 3.8) is 0 Å². The van der Waals surface area contributed by atoms with Gasteiger partial charge in [-0.1, -0.05) is 35.9 Å². The second-order valence-electron chi connectivity index (χ2n) is 4.86. The van der Waals surface area contributed by atoms with Gasteiger partial charge in [-0.25, -0.2) is 9.97 Å². The van der Waals surface area contributed by atoms with Crippen molar-refractivity contribution in [2.24, 2.45) is 0 Å². The lowest BCUT2D eigenvalue weighted by Gasteiger charge is -2.17. The molecule has 3 rings (SSSR count). The summed E-state index contributed by atoms with van der Waals surface area (Å²) in [5, 5.41) is 14.5. The van der Waals surface area contributed by atoms with Gasteiger partial charge in [0.2, 0.25) is 5.15 Å². The highest BCUT2D eigenvalue weighted by Crippen LogP contribution is 2.35. The van der Waals surface area contributed by atoms with E-state index in [0.717, 1.165) is 18.5 Å². The topological polar surface area (TPSA) is 81.0 Å². The fraction of sp³-hybridized carbons (Fsp3) is 0.286. The normalized spacial score (nSPS) is 17.9. The van der Waals surface area contributed by atoms with E-state index in [1.54, 1.807) is 0 Å². The third-order valence-electron chi connectivity index (χ3n) is 3.67. The molecule has 1 aromatic heterocycles. The highest BCUT2D eigenvalue weighted by atomic mass is 35.5. The molecular weight excluding hydrogens is 292 g/mol. The summed E-state index contributed by atoms with van der Waals surface area (Å²) in [4.78, 5) is 18.7. The maximum absolute atomic E-state index is 11.3. The number of nitrogens with zero attached hydrogens (tertiary/aromatic N) is 3. The van der Waals surface area contributed by atoms with Crippen LogP contribution in [-0.4, -0.2) is 28.0 Å². The molecular formula is C14H13ClN4O2. The highest BCUT2D eigenvalue weighted by molar-refractivity contribution is 6.31. The Hall–Kier alpha value is -2.05. The molecule has 1 unspecified atom stereocenters. The summed E-state index contributed by atoms with van der Waals surface area (Å²) in [7, 11) is 0. The number of aromatic nitrogens is 2. The number of nitrogens with one attached hydrogen (secondary N) is 1. The van der Waals surface area contributed by atoms with Crippen molar-refractivity contribution in [2.75, 3.05) is 13.1 Å². The predicted octanol–water partition coefficient (Wildman–Crippen LogP) is 2.32.